The monoisotopic (exact) mass is 263 g/mol. The summed E-state index contributed by atoms with van der Waals surface area (Å²) in [6.45, 7) is 2.36. The highest BCUT2D eigenvalue weighted by Gasteiger charge is 2.53. The van der Waals surface area contributed by atoms with Gasteiger partial charge in [-0.15, -0.1) is 0 Å². The van der Waals surface area contributed by atoms with Gasteiger partial charge in [0, 0.05) is 6.04 Å². The summed E-state index contributed by atoms with van der Waals surface area (Å²) in [7, 11) is 0. The molecule has 0 aliphatic heterocycles. The topological polar surface area (TPSA) is 33.6 Å². The number of H-pyrrole nitrogens is 1. The summed E-state index contributed by atoms with van der Waals surface area (Å²) in [5.41, 5.74) is 0.511. The van der Waals surface area contributed by atoms with Crippen LogP contribution in [0, 0.1) is 27.9 Å². The van der Waals surface area contributed by atoms with E-state index in [1.165, 1.54) is 38.5 Å². The third-order valence-corrected chi connectivity index (χ3v) is 6.27. The number of nitrogens with zero attached hydrogens (tertiary/aromatic N) is 2. The first-order chi connectivity index (χ1) is 8.66. The minimum atomic E-state index is 0.511. The lowest BCUT2D eigenvalue weighted by Crippen LogP contribution is -2.49. The number of aromatic amines is 1. The first-order valence-corrected chi connectivity index (χ1v) is 7.69. The fraction of sp³-hybridized carbons (Fsp3) is 0.857. The van der Waals surface area contributed by atoms with Gasteiger partial charge >= 0.3 is 0 Å². The summed E-state index contributed by atoms with van der Waals surface area (Å²) in [5, 5.41) is 7.01. The van der Waals surface area contributed by atoms with E-state index >= 15 is 0 Å². The molecule has 1 heterocycles. The summed E-state index contributed by atoms with van der Waals surface area (Å²) < 4.78 is 2.99. The van der Waals surface area contributed by atoms with E-state index in [1.807, 2.05) is 6.33 Å². The third kappa shape index (κ3) is 1.47. The fourth-order valence-electron chi connectivity index (χ4n) is 5.52. The van der Waals surface area contributed by atoms with Crippen molar-refractivity contribution < 1.29 is 0 Å². The molecule has 3 nitrogen and oxygen atoms in total. The standard InChI is InChI=1S/C14H21N3S/c1-9(17-8-15-16-13(17)18)14-5-10-2-11(6-14)4-12(3-10)7-14/h8-12H,2-7H2,1H3,(H,16,18). The van der Waals surface area contributed by atoms with E-state index in [9.17, 15) is 0 Å². The lowest BCUT2D eigenvalue weighted by Gasteiger charge is -2.59. The number of nitrogens with one attached hydrogen (secondary N) is 1. The molecule has 4 heteroatoms. The minimum absolute atomic E-state index is 0.511. The van der Waals surface area contributed by atoms with E-state index in [0.29, 0.717) is 11.5 Å². The lowest BCUT2D eigenvalue weighted by molar-refractivity contribution is -0.0791. The van der Waals surface area contributed by atoms with Crippen molar-refractivity contribution in [2.24, 2.45) is 23.2 Å². The van der Waals surface area contributed by atoms with Crippen molar-refractivity contribution in [3.8, 4) is 0 Å². The largest absolute Gasteiger partial charge is 0.303 e. The van der Waals surface area contributed by atoms with Crippen molar-refractivity contribution in [2.45, 2.75) is 51.5 Å². The Hall–Kier alpha value is -0.640. The number of hydrogen-bond acceptors (Lipinski definition) is 2. The second kappa shape index (κ2) is 3.69. The summed E-state index contributed by atoms with van der Waals surface area (Å²) >= 11 is 5.36. The molecule has 4 aliphatic carbocycles. The van der Waals surface area contributed by atoms with Gasteiger partial charge in [-0.05, 0) is 80.8 Å². The Balaban J connectivity index is 1.71. The molecule has 4 fully saturated rings. The molecular weight excluding hydrogens is 242 g/mol. The molecule has 0 spiro atoms. The van der Waals surface area contributed by atoms with E-state index < -0.39 is 0 Å². The average Bonchev–Trinajstić information content (AvgIpc) is 2.72. The molecule has 1 unspecified atom stereocenters. The Morgan fingerprint density at radius 2 is 1.83 bits per heavy atom. The van der Waals surface area contributed by atoms with Crippen LogP contribution < -0.4 is 0 Å². The minimum Gasteiger partial charge on any atom is -0.303 e. The SMILES string of the molecule is CC(n1cn[nH]c1=S)C12CC3CC(CC(C3)C1)C2. The number of aromatic nitrogens is 3. The zero-order valence-corrected chi connectivity index (χ0v) is 11.7. The van der Waals surface area contributed by atoms with E-state index in [-0.39, 0.29) is 0 Å². The number of hydrogen-bond donors (Lipinski definition) is 1. The normalized spacial score (nSPS) is 43.3. The Labute approximate surface area is 113 Å². The van der Waals surface area contributed by atoms with Gasteiger partial charge in [0.15, 0.2) is 4.77 Å². The van der Waals surface area contributed by atoms with Crippen molar-refractivity contribution >= 4 is 12.2 Å². The van der Waals surface area contributed by atoms with Crippen molar-refractivity contribution in [3.05, 3.63) is 11.1 Å². The van der Waals surface area contributed by atoms with Crippen LogP contribution in [0.2, 0.25) is 0 Å². The number of rotatable bonds is 2. The maximum Gasteiger partial charge on any atom is 0.195 e. The highest BCUT2D eigenvalue weighted by molar-refractivity contribution is 7.71. The predicted octanol–water partition coefficient (Wildman–Crippen LogP) is 3.72. The van der Waals surface area contributed by atoms with E-state index in [4.69, 9.17) is 12.2 Å². The third-order valence-electron chi connectivity index (χ3n) is 5.97. The van der Waals surface area contributed by atoms with Crippen LogP contribution in [0.1, 0.15) is 51.5 Å². The van der Waals surface area contributed by atoms with Gasteiger partial charge in [0.05, 0.1) is 0 Å². The molecule has 18 heavy (non-hydrogen) atoms. The van der Waals surface area contributed by atoms with Crippen LogP contribution >= 0.6 is 12.2 Å². The molecule has 4 bridgehead atoms. The van der Waals surface area contributed by atoms with Gasteiger partial charge in [-0.2, -0.15) is 5.10 Å². The molecule has 0 saturated heterocycles. The predicted molar refractivity (Wildman–Crippen MR) is 72.7 cm³/mol. The van der Waals surface area contributed by atoms with Gasteiger partial charge in [0.25, 0.3) is 0 Å². The summed E-state index contributed by atoms with van der Waals surface area (Å²) in [4.78, 5) is 0. The maximum atomic E-state index is 5.36. The molecule has 1 aromatic rings. The molecular formula is C14H21N3S. The second-order valence-corrected chi connectivity index (χ2v) is 7.41. The van der Waals surface area contributed by atoms with Gasteiger partial charge in [-0.25, -0.2) is 0 Å². The molecule has 4 aliphatic rings. The molecule has 4 saturated carbocycles. The lowest BCUT2D eigenvalue weighted by atomic mass is 9.48. The Morgan fingerprint density at radius 1 is 1.28 bits per heavy atom. The molecule has 0 aromatic carbocycles. The smallest absolute Gasteiger partial charge is 0.195 e. The first-order valence-electron chi connectivity index (χ1n) is 7.28. The Morgan fingerprint density at radius 3 is 2.28 bits per heavy atom. The summed E-state index contributed by atoms with van der Waals surface area (Å²) in [6.07, 6.45) is 10.7. The van der Waals surface area contributed by atoms with Gasteiger partial charge < -0.3 is 4.57 Å². The van der Waals surface area contributed by atoms with Crippen LogP contribution in [0.25, 0.3) is 0 Å². The van der Waals surface area contributed by atoms with Crippen LogP contribution in [-0.4, -0.2) is 14.8 Å². The van der Waals surface area contributed by atoms with Crippen molar-refractivity contribution in [1.29, 1.82) is 0 Å². The molecule has 1 N–H and O–H groups in total. The molecule has 1 atom stereocenters. The summed E-state index contributed by atoms with van der Waals surface area (Å²) in [6, 6.07) is 0.511. The highest BCUT2D eigenvalue weighted by Crippen LogP contribution is 2.63. The first kappa shape index (κ1) is 11.2. The Bertz CT molecular complexity index is 480. The second-order valence-electron chi connectivity index (χ2n) is 7.02. The molecule has 5 rings (SSSR count). The summed E-state index contributed by atoms with van der Waals surface area (Å²) in [5.74, 6) is 3.00. The Kier molecular flexibility index (Phi) is 2.30. The van der Waals surface area contributed by atoms with Gasteiger partial charge in [0.1, 0.15) is 6.33 Å². The zero-order chi connectivity index (χ0) is 12.3. The quantitative estimate of drug-likeness (QED) is 0.825. The zero-order valence-electron chi connectivity index (χ0n) is 10.9. The van der Waals surface area contributed by atoms with Crippen LogP contribution in [0.15, 0.2) is 6.33 Å². The molecule has 1 aromatic heterocycles. The van der Waals surface area contributed by atoms with Crippen LogP contribution in [-0.2, 0) is 0 Å². The van der Waals surface area contributed by atoms with Crippen LogP contribution in [0.4, 0.5) is 0 Å². The van der Waals surface area contributed by atoms with E-state index in [1.54, 1.807) is 0 Å². The molecule has 0 amide bonds. The maximum absolute atomic E-state index is 5.36. The van der Waals surface area contributed by atoms with Gasteiger partial charge in [-0.3, -0.25) is 5.10 Å². The van der Waals surface area contributed by atoms with Crippen molar-refractivity contribution in [2.75, 3.05) is 0 Å². The van der Waals surface area contributed by atoms with Gasteiger partial charge in [-0.1, -0.05) is 0 Å². The van der Waals surface area contributed by atoms with Crippen molar-refractivity contribution in [3.63, 3.8) is 0 Å². The van der Waals surface area contributed by atoms with Gasteiger partial charge in [0.2, 0.25) is 0 Å². The molecule has 98 valence electrons. The van der Waals surface area contributed by atoms with E-state index in [2.05, 4.69) is 21.7 Å². The molecule has 0 radical (unpaired) electrons. The fourth-order valence-corrected chi connectivity index (χ4v) is 5.77. The van der Waals surface area contributed by atoms with Crippen molar-refractivity contribution in [1.82, 2.24) is 14.8 Å². The highest BCUT2D eigenvalue weighted by atomic mass is 32.1. The van der Waals surface area contributed by atoms with E-state index in [0.717, 1.165) is 22.5 Å². The average molecular weight is 263 g/mol. The van der Waals surface area contributed by atoms with Crippen LogP contribution in [0.3, 0.4) is 0 Å². The van der Waals surface area contributed by atoms with Crippen LogP contribution in [0.5, 0.6) is 0 Å².